The molecule has 0 saturated carbocycles. The van der Waals surface area contributed by atoms with Crippen LogP contribution in [0.15, 0.2) is 36.1 Å². The predicted octanol–water partition coefficient (Wildman–Crippen LogP) is 2.86. The second-order valence-corrected chi connectivity index (χ2v) is 8.04. The lowest BCUT2D eigenvalue weighted by Gasteiger charge is -2.45. The lowest BCUT2D eigenvalue weighted by atomic mass is 9.72. The number of nitrogens with one attached hydrogen (secondary N) is 1. The highest BCUT2D eigenvalue weighted by molar-refractivity contribution is 6.14. The quantitative estimate of drug-likeness (QED) is 0.489. The summed E-state index contributed by atoms with van der Waals surface area (Å²) in [4.78, 5) is 28.3. The van der Waals surface area contributed by atoms with Crippen LogP contribution in [0.2, 0.25) is 0 Å². The Morgan fingerprint density at radius 1 is 1.36 bits per heavy atom. The van der Waals surface area contributed by atoms with Crippen molar-refractivity contribution in [2.75, 3.05) is 32.6 Å². The van der Waals surface area contributed by atoms with Gasteiger partial charge in [-0.2, -0.15) is 0 Å². The minimum absolute atomic E-state index is 0.00642. The molecule has 2 fully saturated rings. The Hall–Kier alpha value is -2.34. The molecule has 1 aromatic rings. The summed E-state index contributed by atoms with van der Waals surface area (Å²) in [5, 5.41) is 3.57. The molecule has 0 aromatic heterocycles. The fraction of sp³-hybridized carbons (Fsp3) is 0.545. The van der Waals surface area contributed by atoms with Crippen molar-refractivity contribution in [3.05, 3.63) is 41.7 Å². The van der Waals surface area contributed by atoms with E-state index < -0.39 is 5.54 Å². The molecular weight excluding hydrogens is 356 g/mol. The average molecular weight is 384 g/mol. The summed E-state index contributed by atoms with van der Waals surface area (Å²) in [5.41, 5.74) is 1.67. The number of hydrogen-bond acceptors (Lipinski definition) is 6. The molecule has 1 N–H and O–H groups in total. The van der Waals surface area contributed by atoms with Gasteiger partial charge >= 0.3 is 5.97 Å². The molecule has 4 atom stereocenters. The molecule has 1 aromatic carbocycles. The van der Waals surface area contributed by atoms with E-state index >= 15 is 0 Å². The lowest BCUT2D eigenvalue weighted by molar-refractivity contribution is -0.137. The van der Waals surface area contributed by atoms with E-state index in [4.69, 9.17) is 9.47 Å². The number of Topliss-reactive ketones (excluding diaryl/α,β-unsaturated/α-hetero) is 1. The molecule has 4 rings (SSSR count). The number of para-hydroxylation sites is 1. The van der Waals surface area contributed by atoms with Crippen LogP contribution in [0.1, 0.15) is 36.5 Å². The number of rotatable bonds is 4. The van der Waals surface area contributed by atoms with E-state index in [0.717, 1.165) is 43.6 Å². The van der Waals surface area contributed by atoms with Gasteiger partial charge in [-0.1, -0.05) is 25.5 Å². The summed E-state index contributed by atoms with van der Waals surface area (Å²) in [6, 6.07) is 7.80. The third-order valence-corrected chi connectivity index (χ3v) is 6.84. The molecule has 0 bridgehead atoms. The van der Waals surface area contributed by atoms with E-state index in [2.05, 4.69) is 17.1 Å². The standard InChI is InChI=1S/C22H28N2O4/c1-4-14-12-24-10-9-22(20(25)15-7-5-6-8-18(15)23-22)19(24)11-16(14)17(13-27-2)21(26)28-3/h5-8,13-14,16,19,23H,4,9-12H2,1-3H3. The van der Waals surface area contributed by atoms with Crippen LogP contribution in [-0.4, -0.2) is 55.5 Å². The van der Waals surface area contributed by atoms with E-state index in [1.807, 2.05) is 24.3 Å². The van der Waals surface area contributed by atoms with Crippen molar-refractivity contribution in [1.82, 2.24) is 4.90 Å². The summed E-state index contributed by atoms with van der Waals surface area (Å²) in [6.07, 6.45) is 4.00. The summed E-state index contributed by atoms with van der Waals surface area (Å²) in [7, 11) is 2.95. The van der Waals surface area contributed by atoms with Crippen molar-refractivity contribution < 1.29 is 19.1 Å². The summed E-state index contributed by atoms with van der Waals surface area (Å²) >= 11 is 0. The molecule has 2 saturated heterocycles. The molecule has 1 spiro atoms. The number of anilines is 1. The van der Waals surface area contributed by atoms with E-state index in [-0.39, 0.29) is 23.7 Å². The first-order valence-electron chi connectivity index (χ1n) is 10.0. The number of fused-ring (bicyclic) bond motifs is 3. The van der Waals surface area contributed by atoms with Gasteiger partial charge in [-0.05, 0) is 36.8 Å². The Labute approximate surface area is 165 Å². The van der Waals surface area contributed by atoms with E-state index in [1.54, 1.807) is 7.11 Å². The van der Waals surface area contributed by atoms with Gasteiger partial charge in [0.1, 0.15) is 5.54 Å². The van der Waals surface area contributed by atoms with E-state index in [9.17, 15) is 9.59 Å². The van der Waals surface area contributed by atoms with Gasteiger partial charge in [0, 0.05) is 30.4 Å². The Morgan fingerprint density at radius 2 is 2.14 bits per heavy atom. The first-order chi connectivity index (χ1) is 13.6. The predicted molar refractivity (Wildman–Crippen MR) is 106 cm³/mol. The van der Waals surface area contributed by atoms with Crippen LogP contribution in [0, 0.1) is 11.8 Å². The number of esters is 1. The molecule has 0 aliphatic carbocycles. The molecule has 3 aliphatic rings. The molecule has 28 heavy (non-hydrogen) atoms. The Morgan fingerprint density at radius 3 is 2.82 bits per heavy atom. The van der Waals surface area contributed by atoms with E-state index in [0.29, 0.717) is 11.5 Å². The molecule has 3 aliphatic heterocycles. The van der Waals surface area contributed by atoms with E-state index in [1.165, 1.54) is 13.4 Å². The monoisotopic (exact) mass is 384 g/mol. The Kier molecular flexibility index (Phi) is 4.91. The molecule has 6 nitrogen and oxygen atoms in total. The van der Waals surface area contributed by atoms with Gasteiger partial charge in [-0.3, -0.25) is 9.69 Å². The first-order valence-corrected chi connectivity index (χ1v) is 10.0. The van der Waals surface area contributed by atoms with Crippen molar-refractivity contribution in [2.24, 2.45) is 11.8 Å². The van der Waals surface area contributed by atoms with Crippen molar-refractivity contribution in [1.29, 1.82) is 0 Å². The molecule has 6 heteroatoms. The van der Waals surface area contributed by atoms with Gasteiger partial charge in [0.2, 0.25) is 0 Å². The highest BCUT2D eigenvalue weighted by atomic mass is 16.5. The zero-order chi connectivity index (χ0) is 19.9. The number of ketones is 1. The summed E-state index contributed by atoms with van der Waals surface area (Å²) < 4.78 is 10.2. The average Bonchev–Trinajstić information content (AvgIpc) is 3.23. The number of methoxy groups -OCH3 is 2. The fourth-order valence-electron chi connectivity index (χ4n) is 5.45. The molecule has 0 radical (unpaired) electrons. The second kappa shape index (κ2) is 7.24. The van der Waals surface area contributed by atoms with Crippen LogP contribution >= 0.6 is 0 Å². The lowest BCUT2D eigenvalue weighted by Crippen LogP contribution is -2.57. The first kappa shape index (κ1) is 19.0. The van der Waals surface area contributed by atoms with Gasteiger partial charge < -0.3 is 14.8 Å². The van der Waals surface area contributed by atoms with Crippen molar-refractivity contribution >= 4 is 17.4 Å². The minimum Gasteiger partial charge on any atom is -0.504 e. The largest absolute Gasteiger partial charge is 0.504 e. The van der Waals surface area contributed by atoms with Crippen LogP contribution in [0.3, 0.4) is 0 Å². The smallest absolute Gasteiger partial charge is 0.337 e. The summed E-state index contributed by atoms with van der Waals surface area (Å²) in [6.45, 7) is 3.92. The van der Waals surface area contributed by atoms with Gasteiger partial charge in [0.25, 0.3) is 0 Å². The van der Waals surface area contributed by atoms with Crippen molar-refractivity contribution in [2.45, 2.75) is 37.8 Å². The number of hydrogen-bond donors (Lipinski definition) is 1. The minimum atomic E-state index is -0.602. The van der Waals surface area contributed by atoms with Gasteiger partial charge in [-0.15, -0.1) is 0 Å². The zero-order valence-corrected chi connectivity index (χ0v) is 16.7. The highest BCUT2D eigenvalue weighted by Crippen LogP contribution is 2.48. The zero-order valence-electron chi connectivity index (χ0n) is 16.7. The van der Waals surface area contributed by atoms with Gasteiger partial charge in [0.05, 0.1) is 26.1 Å². The van der Waals surface area contributed by atoms with Gasteiger partial charge in [-0.25, -0.2) is 4.79 Å². The van der Waals surface area contributed by atoms with Crippen LogP contribution in [0.4, 0.5) is 5.69 Å². The maximum absolute atomic E-state index is 13.4. The molecule has 3 heterocycles. The fourth-order valence-corrected chi connectivity index (χ4v) is 5.45. The van der Waals surface area contributed by atoms with Crippen LogP contribution in [0.25, 0.3) is 0 Å². The Balaban J connectivity index is 1.68. The molecule has 0 amide bonds. The molecular formula is C22H28N2O4. The van der Waals surface area contributed by atoms with Crippen molar-refractivity contribution in [3.8, 4) is 0 Å². The highest BCUT2D eigenvalue weighted by Gasteiger charge is 2.59. The molecule has 4 unspecified atom stereocenters. The third-order valence-electron chi connectivity index (χ3n) is 6.84. The topological polar surface area (TPSA) is 67.9 Å². The number of benzene rings is 1. The van der Waals surface area contributed by atoms with Crippen LogP contribution < -0.4 is 5.32 Å². The van der Waals surface area contributed by atoms with Crippen LogP contribution in [-0.2, 0) is 14.3 Å². The Bertz CT molecular complexity index is 821. The normalized spacial score (nSPS) is 32.0. The molecule has 150 valence electrons. The number of piperidine rings is 1. The third kappa shape index (κ3) is 2.73. The van der Waals surface area contributed by atoms with Crippen LogP contribution in [0.5, 0.6) is 0 Å². The number of nitrogens with zero attached hydrogens (tertiary/aromatic N) is 1. The number of carbonyl (C=O) groups excluding carboxylic acids is 2. The number of carbonyl (C=O) groups is 2. The van der Waals surface area contributed by atoms with Crippen molar-refractivity contribution in [3.63, 3.8) is 0 Å². The van der Waals surface area contributed by atoms with Gasteiger partial charge in [0.15, 0.2) is 5.78 Å². The number of ether oxygens (including phenoxy) is 2. The summed E-state index contributed by atoms with van der Waals surface area (Å²) in [5.74, 6) is 0.164. The second-order valence-electron chi connectivity index (χ2n) is 8.04. The maximum atomic E-state index is 13.4. The SMILES string of the molecule is CCC1CN2CCC3(Nc4ccccc4C3=O)C2CC1C(=COC)C(=O)OC. The maximum Gasteiger partial charge on any atom is 0.337 e.